The quantitative estimate of drug-likeness (QED) is 0.628. The third kappa shape index (κ3) is 4.48. The summed E-state index contributed by atoms with van der Waals surface area (Å²) in [5, 5.41) is 4.16. The van der Waals surface area contributed by atoms with E-state index in [4.69, 9.17) is 4.74 Å². The van der Waals surface area contributed by atoms with Crippen molar-refractivity contribution in [2.45, 2.75) is 32.5 Å². The van der Waals surface area contributed by atoms with E-state index in [1.165, 1.54) is 7.11 Å². The van der Waals surface area contributed by atoms with Crippen molar-refractivity contribution >= 4 is 28.6 Å². The van der Waals surface area contributed by atoms with E-state index in [1.54, 1.807) is 12.1 Å². The fraction of sp³-hybridized carbons (Fsp3) is 0.360. The second kappa shape index (κ2) is 9.04. The number of nitrogens with one attached hydrogen (secondary N) is 1. The van der Waals surface area contributed by atoms with E-state index in [0.29, 0.717) is 18.7 Å². The molecular formula is C25H30N4O3. The van der Waals surface area contributed by atoms with Crippen LogP contribution >= 0.6 is 0 Å². The number of methoxy groups -OCH3 is 1. The lowest BCUT2D eigenvalue weighted by Crippen LogP contribution is -2.58. The number of aromatic nitrogens is 1. The molecule has 1 aromatic heterocycles. The van der Waals surface area contributed by atoms with Gasteiger partial charge in [0.15, 0.2) is 0 Å². The highest BCUT2D eigenvalue weighted by Gasteiger charge is 2.31. The Bertz CT molecular complexity index is 1110. The number of benzene rings is 2. The topological polar surface area (TPSA) is 66.8 Å². The lowest BCUT2D eigenvalue weighted by atomic mass is 10.1. The first-order valence-corrected chi connectivity index (χ1v) is 10.9. The number of ether oxygens (including phenoxy) is 1. The Morgan fingerprint density at radius 1 is 1.03 bits per heavy atom. The van der Waals surface area contributed by atoms with Crippen molar-refractivity contribution in [1.82, 2.24) is 14.4 Å². The normalized spacial score (nSPS) is 19.2. The van der Waals surface area contributed by atoms with Crippen molar-refractivity contribution in [2.75, 3.05) is 25.5 Å². The van der Waals surface area contributed by atoms with E-state index in [2.05, 4.69) is 28.6 Å². The van der Waals surface area contributed by atoms with Gasteiger partial charge in [0.25, 0.3) is 0 Å². The van der Waals surface area contributed by atoms with Crippen LogP contribution in [0.2, 0.25) is 0 Å². The number of fused-ring (bicyclic) bond motifs is 1. The van der Waals surface area contributed by atoms with Gasteiger partial charge in [-0.2, -0.15) is 0 Å². The van der Waals surface area contributed by atoms with Gasteiger partial charge in [-0.15, -0.1) is 0 Å². The molecule has 0 bridgehead atoms. The van der Waals surface area contributed by atoms with Crippen LogP contribution in [0.5, 0.6) is 0 Å². The summed E-state index contributed by atoms with van der Waals surface area (Å²) in [6, 6.07) is 15.9. The average Bonchev–Trinajstić information content (AvgIpc) is 3.16. The van der Waals surface area contributed by atoms with Gasteiger partial charge in [0, 0.05) is 61.6 Å². The molecule has 0 radical (unpaired) electrons. The summed E-state index contributed by atoms with van der Waals surface area (Å²) < 4.78 is 6.83. The monoisotopic (exact) mass is 434 g/mol. The number of anilines is 1. The first-order valence-electron chi connectivity index (χ1n) is 10.9. The second-order valence-electron chi connectivity index (χ2n) is 8.59. The third-order valence-corrected chi connectivity index (χ3v) is 6.27. The van der Waals surface area contributed by atoms with Gasteiger partial charge in [0.2, 0.25) is 0 Å². The summed E-state index contributed by atoms with van der Waals surface area (Å²) in [7, 11) is 3.39. The maximum atomic E-state index is 12.9. The fourth-order valence-electron chi connectivity index (χ4n) is 4.47. The summed E-state index contributed by atoms with van der Waals surface area (Å²) >= 11 is 0. The van der Waals surface area contributed by atoms with Crippen molar-refractivity contribution in [1.29, 1.82) is 0 Å². The molecule has 32 heavy (non-hydrogen) atoms. The van der Waals surface area contributed by atoms with Crippen LogP contribution in [0.1, 0.15) is 29.8 Å². The van der Waals surface area contributed by atoms with Crippen molar-refractivity contribution in [3.8, 4) is 0 Å². The molecule has 1 saturated heterocycles. The average molecular weight is 435 g/mol. The predicted octanol–water partition coefficient (Wildman–Crippen LogP) is 4.09. The van der Waals surface area contributed by atoms with Crippen LogP contribution < -0.4 is 5.32 Å². The highest BCUT2D eigenvalue weighted by Crippen LogP contribution is 2.23. The maximum Gasteiger partial charge on any atom is 0.337 e. The number of hydrogen-bond donors (Lipinski definition) is 1. The third-order valence-electron chi connectivity index (χ3n) is 6.27. The number of piperazine rings is 1. The standard InChI is InChI=1S/C25H30N4O3/c1-17-14-28(25(31)26-22-9-10-23-21(13-22)11-12-27(23)3)15-18(2)29(17)16-19-5-7-20(8-6-19)24(30)32-4/h5-13,17-18H,14-16H2,1-4H3,(H,26,31)/t17-,18+. The number of carbonyl (C=O) groups is 2. The number of urea groups is 1. The Morgan fingerprint density at radius 3 is 2.38 bits per heavy atom. The lowest BCUT2D eigenvalue weighted by molar-refractivity contribution is 0.0525. The summed E-state index contributed by atoms with van der Waals surface area (Å²) in [4.78, 5) is 28.9. The minimum Gasteiger partial charge on any atom is -0.465 e. The lowest BCUT2D eigenvalue weighted by Gasteiger charge is -2.44. The molecule has 0 saturated carbocycles. The van der Waals surface area contributed by atoms with E-state index in [1.807, 2.05) is 54.5 Å². The van der Waals surface area contributed by atoms with Crippen LogP contribution in [0.4, 0.5) is 10.5 Å². The molecule has 1 aliphatic heterocycles. The Labute approximate surface area is 188 Å². The molecule has 2 aromatic carbocycles. The summed E-state index contributed by atoms with van der Waals surface area (Å²) in [6.45, 7) is 6.38. The van der Waals surface area contributed by atoms with Crippen LogP contribution in [-0.4, -0.2) is 58.7 Å². The number of esters is 1. The molecule has 0 aliphatic carbocycles. The molecule has 1 N–H and O–H groups in total. The zero-order chi connectivity index (χ0) is 22.8. The maximum absolute atomic E-state index is 12.9. The molecule has 2 atom stereocenters. The van der Waals surface area contributed by atoms with Gasteiger partial charge < -0.3 is 19.5 Å². The fourth-order valence-corrected chi connectivity index (χ4v) is 4.47. The number of carbonyl (C=O) groups excluding carboxylic acids is 2. The molecule has 3 aromatic rings. The number of amides is 2. The second-order valence-corrected chi connectivity index (χ2v) is 8.59. The molecule has 2 amide bonds. The molecular weight excluding hydrogens is 404 g/mol. The van der Waals surface area contributed by atoms with Crippen LogP contribution in [0.3, 0.4) is 0 Å². The number of aryl methyl sites for hydroxylation is 1. The highest BCUT2D eigenvalue weighted by molar-refractivity contribution is 5.93. The summed E-state index contributed by atoms with van der Waals surface area (Å²) in [5.41, 5.74) is 3.62. The van der Waals surface area contributed by atoms with Gasteiger partial charge in [-0.25, -0.2) is 9.59 Å². The van der Waals surface area contributed by atoms with Gasteiger partial charge in [-0.3, -0.25) is 4.90 Å². The van der Waals surface area contributed by atoms with Gasteiger partial charge >= 0.3 is 12.0 Å². The Hall–Kier alpha value is -3.32. The van der Waals surface area contributed by atoms with Crippen LogP contribution in [0.15, 0.2) is 54.7 Å². The molecule has 7 nitrogen and oxygen atoms in total. The number of rotatable bonds is 4. The molecule has 0 unspecified atom stereocenters. The number of nitrogens with zero attached hydrogens (tertiary/aromatic N) is 3. The van der Waals surface area contributed by atoms with Gasteiger partial charge in [-0.05, 0) is 55.8 Å². The molecule has 7 heteroatoms. The first kappa shape index (κ1) is 21.9. The van der Waals surface area contributed by atoms with Crippen LogP contribution in [0.25, 0.3) is 10.9 Å². The van der Waals surface area contributed by atoms with E-state index in [9.17, 15) is 9.59 Å². The molecule has 1 aliphatic rings. The van der Waals surface area contributed by atoms with E-state index in [0.717, 1.165) is 28.7 Å². The smallest absolute Gasteiger partial charge is 0.337 e. The molecule has 1 fully saturated rings. The Kier molecular flexibility index (Phi) is 6.19. The predicted molar refractivity (Wildman–Crippen MR) is 126 cm³/mol. The van der Waals surface area contributed by atoms with E-state index >= 15 is 0 Å². The van der Waals surface area contributed by atoms with E-state index in [-0.39, 0.29) is 24.1 Å². The SMILES string of the molecule is COC(=O)c1ccc(CN2[C@H](C)CN(C(=O)Nc3ccc4c(ccn4C)c3)C[C@@H]2C)cc1. The molecule has 168 valence electrons. The largest absolute Gasteiger partial charge is 0.465 e. The van der Waals surface area contributed by atoms with Crippen molar-refractivity contribution in [2.24, 2.45) is 7.05 Å². The van der Waals surface area contributed by atoms with Crippen molar-refractivity contribution in [3.63, 3.8) is 0 Å². The van der Waals surface area contributed by atoms with Crippen molar-refractivity contribution < 1.29 is 14.3 Å². The number of hydrogen-bond acceptors (Lipinski definition) is 4. The molecule has 0 spiro atoms. The summed E-state index contributed by atoms with van der Waals surface area (Å²) in [6.07, 6.45) is 2.02. The Balaban J connectivity index is 1.38. The summed E-state index contributed by atoms with van der Waals surface area (Å²) in [5.74, 6) is -0.329. The van der Waals surface area contributed by atoms with Gasteiger partial charge in [-0.1, -0.05) is 12.1 Å². The first-order chi connectivity index (χ1) is 15.4. The van der Waals surface area contributed by atoms with Crippen LogP contribution in [-0.2, 0) is 18.3 Å². The Morgan fingerprint density at radius 2 is 1.72 bits per heavy atom. The zero-order valence-corrected chi connectivity index (χ0v) is 19.0. The van der Waals surface area contributed by atoms with Gasteiger partial charge in [0.1, 0.15) is 0 Å². The molecule has 2 heterocycles. The van der Waals surface area contributed by atoms with Crippen LogP contribution in [0, 0.1) is 0 Å². The minimum absolute atomic E-state index is 0.0685. The van der Waals surface area contributed by atoms with E-state index < -0.39 is 0 Å². The van der Waals surface area contributed by atoms with Gasteiger partial charge in [0.05, 0.1) is 12.7 Å². The molecule has 4 rings (SSSR count). The minimum atomic E-state index is -0.329. The zero-order valence-electron chi connectivity index (χ0n) is 19.0. The highest BCUT2D eigenvalue weighted by atomic mass is 16.5. The van der Waals surface area contributed by atoms with Crippen molar-refractivity contribution in [3.05, 3.63) is 65.9 Å².